The summed E-state index contributed by atoms with van der Waals surface area (Å²) in [5, 5.41) is 10.1. The molecule has 2 aliphatic carbocycles. The Morgan fingerprint density at radius 3 is 2.35 bits per heavy atom. The predicted molar refractivity (Wildman–Crippen MR) is 167 cm³/mol. The normalized spacial score (nSPS) is 28.9. The molecule has 40 heavy (non-hydrogen) atoms. The van der Waals surface area contributed by atoms with Gasteiger partial charge in [0, 0.05) is 22.2 Å². The first-order valence-corrected chi connectivity index (χ1v) is 15.4. The third-order valence-corrected chi connectivity index (χ3v) is 10.9. The Morgan fingerprint density at radius 2 is 1.73 bits per heavy atom. The maximum Gasteiger partial charge on any atom is 0.118 e. The average molecular weight is 532 g/mol. The lowest BCUT2D eigenvalue weighted by Crippen LogP contribution is -2.52. The van der Waals surface area contributed by atoms with Crippen molar-refractivity contribution in [1.29, 1.82) is 5.26 Å². The summed E-state index contributed by atoms with van der Waals surface area (Å²) in [7, 11) is 0. The lowest BCUT2D eigenvalue weighted by Gasteiger charge is -2.46. The molecule has 6 rings (SSSR count). The molecule has 0 radical (unpaired) electrons. The van der Waals surface area contributed by atoms with E-state index in [9.17, 15) is 5.26 Å². The van der Waals surface area contributed by atoms with Crippen molar-refractivity contribution >= 4 is 11.4 Å². The molecule has 3 nitrogen and oxygen atoms in total. The zero-order valence-electron chi connectivity index (χ0n) is 25.7. The summed E-state index contributed by atoms with van der Waals surface area (Å²) in [6.07, 6.45) is 9.80. The van der Waals surface area contributed by atoms with Crippen LogP contribution in [-0.2, 0) is 10.8 Å². The number of allylic oxidation sites excluding steroid dienone is 4. The Balaban J connectivity index is 1.75. The maximum absolute atomic E-state index is 10.1. The van der Waals surface area contributed by atoms with Gasteiger partial charge in [-0.15, -0.1) is 0 Å². The molecule has 2 heterocycles. The predicted octanol–water partition coefficient (Wildman–Crippen LogP) is 9.44. The summed E-state index contributed by atoms with van der Waals surface area (Å²) in [6.45, 7) is 18.8. The van der Waals surface area contributed by atoms with E-state index in [4.69, 9.17) is 0 Å². The van der Waals surface area contributed by atoms with Crippen LogP contribution in [0.3, 0.4) is 0 Å². The zero-order valence-corrected chi connectivity index (χ0v) is 25.7. The van der Waals surface area contributed by atoms with Crippen LogP contribution in [0.4, 0.5) is 11.4 Å². The largest absolute Gasteiger partial charge is 0.317 e. The monoisotopic (exact) mass is 531 g/mol. The SMILES string of the molecule is CCC1C2(CC)c3cc(C(C)(C)C)ccc3N3C4=C(C)CCC=C(C#N)C=C4N(c4ccccc4C)C3C12CC. The van der Waals surface area contributed by atoms with Crippen molar-refractivity contribution in [1.82, 2.24) is 0 Å². The highest BCUT2D eigenvalue weighted by molar-refractivity contribution is 5.82. The highest BCUT2D eigenvalue weighted by atomic mass is 15.5. The average Bonchev–Trinajstić information content (AvgIpc) is 3.42. The number of aryl methyl sites for hydroxylation is 1. The van der Waals surface area contributed by atoms with E-state index in [0.717, 1.165) is 31.3 Å². The fourth-order valence-electron chi connectivity index (χ4n) is 9.18. The molecule has 2 fully saturated rings. The third kappa shape index (κ3) is 3.29. The smallest absolute Gasteiger partial charge is 0.118 e. The van der Waals surface area contributed by atoms with Gasteiger partial charge in [0.05, 0.1) is 23.0 Å². The number of benzene rings is 2. The van der Waals surface area contributed by atoms with Gasteiger partial charge < -0.3 is 9.80 Å². The van der Waals surface area contributed by atoms with E-state index in [0.29, 0.717) is 5.92 Å². The summed E-state index contributed by atoms with van der Waals surface area (Å²) in [6, 6.07) is 18.7. The van der Waals surface area contributed by atoms with Crippen LogP contribution in [0.15, 0.2) is 77.2 Å². The summed E-state index contributed by atoms with van der Waals surface area (Å²) < 4.78 is 0. The van der Waals surface area contributed by atoms with Crippen molar-refractivity contribution in [3.63, 3.8) is 0 Å². The van der Waals surface area contributed by atoms with Crippen LogP contribution in [0.25, 0.3) is 0 Å². The number of para-hydroxylation sites is 1. The van der Waals surface area contributed by atoms with Gasteiger partial charge in [0.25, 0.3) is 0 Å². The van der Waals surface area contributed by atoms with Crippen LogP contribution in [-0.4, -0.2) is 6.17 Å². The lowest BCUT2D eigenvalue weighted by molar-refractivity contribution is 0.300. The summed E-state index contributed by atoms with van der Waals surface area (Å²) >= 11 is 0. The van der Waals surface area contributed by atoms with Crippen LogP contribution in [0, 0.1) is 29.6 Å². The molecular formula is C37H45N3. The maximum atomic E-state index is 10.1. The molecular weight excluding hydrogens is 486 g/mol. The second kappa shape index (κ2) is 9.13. The van der Waals surface area contributed by atoms with Gasteiger partial charge in [0.15, 0.2) is 0 Å². The van der Waals surface area contributed by atoms with Gasteiger partial charge >= 0.3 is 0 Å². The van der Waals surface area contributed by atoms with Crippen LogP contribution >= 0.6 is 0 Å². The highest BCUT2D eigenvalue weighted by Crippen LogP contribution is 2.81. The fourth-order valence-corrected chi connectivity index (χ4v) is 9.18. The Kier molecular flexibility index (Phi) is 6.15. The number of rotatable bonds is 4. The number of anilines is 2. The van der Waals surface area contributed by atoms with Gasteiger partial charge in [0.1, 0.15) is 6.17 Å². The van der Waals surface area contributed by atoms with E-state index in [1.165, 1.54) is 45.9 Å². The van der Waals surface area contributed by atoms with Gasteiger partial charge in [-0.05, 0) is 91.3 Å². The van der Waals surface area contributed by atoms with Gasteiger partial charge in [-0.1, -0.05) is 84.4 Å². The molecule has 0 amide bonds. The van der Waals surface area contributed by atoms with Crippen molar-refractivity contribution in [3.8, 4) is 6.07 Å². The van der Waals surface area contributed by atoms with E-state index >= 15 is 0 Å². The summed E-state index contributed by atoms with van der Waals surface area (Å²) in [4.78, 5) is 5.37. The van der Waals surface area contributed by atoms with Crippen molar-refractivity contribution in [3.05, 3.63) is 93.8 Å². The quantitative estimate of drug-likeness (QED) is 0.393. The minimum Gasteiger partial charge on any atom is -0.317 e. The summed E-state index contributed by atoms with van der Waals surface area (Å²) in [5.41, 5.74) is 11.9. The first-order chi connectivity index (χ1) is 19.1. The molecule has 2 aromatic carbocycles. The number of nitrogens with zero attached hydrogens (tertiary/aromatic N) is 3. The first kappa shape index (κ1) is 26.9. The van der Waals surface area contributed by atoms with E-state index in [1.807, 2.05) is 0 Å². The molecule has 0 bridgehead atoms. The van der Waals surface area contributed by atoms with Gasteiger partial charge in [-0.25, -0.2) is 0 Å². The van der Waals surface area contributed by atoms with E-state index < -0.39 is 0 Å². The second-order valence-electron chi connectivity index (χ2n) is 13.5. The van der Waals surface area contributed by atoms with Crippen molar-refractivity contribution in [2.24, 2.45) is 11.3 Å². The van der Waals surface area contributed by atoms with Crippen molar-refractivity contribution < 1.29 is 0 Å². The Bertz CT molecular complexity index is 1510. The molecule has 4 unspecified atom stereocenters. The molecule has 3 heteroatoms. The van der Waals surface area contributed by atoms with Crippen LogP contribution < -0.4 is 9.80 Å². The van der Waals surface area contributed by atoms with Crippen LogP contribution in [0.1, 0.15) is 97.3 Å². The molecule has 0 N–H and O–H groups in total. The number of fused-ring (bicyclic) bond motifs is 8. The number of hydrogen-bond donors (Lipinski definition) is 0. The lowest BCUT2D eigenvalue weighted by atomic mass is 9.74. The van der Waals surface area contributed by atoms with Crippen molar-refractivity contribution in [2.75, 3.05) is 9.80 Å². The van der Waals surface area contributed by atoms with Gasteiger partial charge in [0.2, 0.25) is 0 Å². The third-order valence-electron chi connectivity index (χ3n) is 10.9. The number of hydrogen-bond acceptors (Lipinski definition) is 3. The minimum absolute atomic E-state index is 0.0947. The Morgan fingerprint density at radius 1 is 0.975 bits per heavy atom. The highest BCUT2D eigenvalue weighted by Gasteiger charge is 2.82. The van der Waals surface area contributed by atoms with E-state index in [2.05, 4.69) is 126 Å². The molecule has 0 spiro atoms. The minimum atomic E-state index is 0.0947. The molecule has 4 atom stereocenters. The van der Waals surface area contributed by atoms with Gasteiger partial charge in [-0.2, -0.15) is 5.26 Å². The summed E-state index contributed by atoms with van der Waals surface area (Å²) in [5.74, 6) is 0.600. The van der Waals surface area contributed by atoms with Gasteiger partial charge in [-0.3, -0.25) is 0 Å². The van der Waals surface area contributed by atoms with E-state index in [-0.39, 0.29) is 22.4 Å². The van der Waals surface area contributed by atoms with Crippen LogP contribution in [0.2, 0.25) is 0 Å². The van der Waals surface area contributed by atoms with Crippen molar-refractivity contribution in [2.45, 2.75) is 104 Å². The molecule has 4 aliphatic rings. The molecule has 0 aromatic heterocycles. The topological polar surface area (TPSA) is 30.3 Å². The van der Waals surface area contributed by atoms with Crippen LogP contribution in [0.5, 0.6) is 0 Å². The first-order valence-electron chi connectivity index (χ1n) is 15.4. The fraction of sp³-hybridized carbons (Fsp3) is 0.486. The standard InChI is InChI=1S/C37H45N3/c1-9-32-36(10-2)28-22-27(35(6,7)8)19-20-30(28)40-33-25(5)16-14-17-26(23-38)21-31(33)39(34(40)37(32,36)11-3)29-18-13-12-15-24(29)4/h12-13,15,17-22,32,34H,9-11,14,16H2,1-8H3. The molecule has 208 valence electrons. The second-order valence-corrected chi connectivity index (χ2v) is 13.5. The Labute approximate surface area is 241 Å². The Hall–Kier alpha value is -3.25. The molecule has 2 aromatic rings. The van der Waals surface area contributed by atoms with E-state index in [1.54, 1.807) is 5.56 Å². The molecule has 1 saturated heterocycles. The zero-order chi connectivity index (χ0) is 28.6. The number of nitriles is 1. The molecule has 1 saturated carbocycles. The molecule has 2 aliphatic heterocycles.